The molecule has 0 aliphatic carbocycles. The number of benzene rings is 2. The lowest BCUT2D eigenvalue weighted by Crippen LogP contribution is -1.97. The topological polar surface area (TPSA) is 35.2 Å². The van der Waals surface area contributed by atoms with Crippen molar-refractivity contribution in [3.63, 3.8) is 0 Å². The molecule has 0 aromatic heterocycles. The number of hydrogen-bond donors (Lipinski definition) is 1. The van der Waals surface area contributed by atoms with Crippen LogP contribution in [0.15, 0.2) is 54.6 Å². The maximum atomic E-state index is 5.83. The molecular formula is C17H19NO. The van der Waals surface area contributed by atoms with Gasteiger partial charge in [0.25, 0.3) is 0 Å². The summed E-state index contributed by atoms with van der Waals surface area (Å²) in [6.07, 6.45) is 3.97. The normalized spacial score (nSPS) is 10.8. The minimum absolute atomic E-state index is 0.561. The molecule has 0 saturated carbocycles. The van der Waals surface area contributed by atoms with Crippen LogP contribution in [0.3, 0.4) is 0 Å². The van der Waals surface area contributed by atoms with E-state index in [2.05, 4.69) is 25.1 Å². The summed E-state index contributed by atoms with van der Waals surface area (Å²) in [5.74, 6) is 0.925. The van der Waals surface area contributed by atoms with Crippen molar-refractivity contribution >= 4 is 6.08 Å². The third kappa shape index (κ3) is 3.97. The van der Waals surface area contributed by atoms with E-state index in [-0.39, 0.29) is 0 Å². The quantitative estimate of drug-likeness (QED) is 0.884. The highest BCUT2D eigenvalue weighted by Gasteiger charge is 2.00. The van der Waals surface area contributed by atoms with E-state index in [0.717, 1.165) is 16.9 Å². The zero-order valence-corrected chi connectivity index (χ0v) is 11.2. The maximum Gasteiger partial charge on any atom is 0.122 e. The Balaban J connectivity index is 2.03. The number of rotatable bonds is 5. The first-order chi connectivity index (χ1) is 9.29. The molecule has 0 spiro atoms. The Hall–Kier alpha value is -2.06. The highest BCUT2D eigenvalue weighted by atomic mass is 16.5. The molecule has 0 amide bonds. The summed E-state index contributed by atoms with van der Waals surface area (Å²) in [7, 11) is 0. The van der Waals surface area contributed by atoms with Gasteiger partial charge in [0, 0.05) is 6.54 Å². The summed E-state index contributed by atoms with van der Waals surface area (Å²) in [6.45, 7) is 3.21. The molecule has 0 fully saturated rings. The van der Waals surface area contributed by atoms with Crippen LogP contribution < -0.4 is 10.5 Å². The lowest BCUT2D eigenvalue weighted by Gasteiger charge is -2.09. The molecule has 0 aliphatic heterocycles. The van der Waals surface area contributed by atoms with E-state index in [1.54, 1.807) is 0 Å². The molecule has 2 aromatic rings. The molecule has 2 heteroatoms. The summed E-state index contributed by atoms with van der Waals surface area (Å²) in [6, 6.07) is 16.3. The molecule has 2 nitrogen and oxygen atoms in total. The SMILES string of the molecule is Cc1cc(/C=C/CN)ccc1OCc1ccccc1. The fraction of sp³-hybridized carbons (Fsp3) is 0.176. The highest BCUT2D eigenvalue weighted by molar-refractivity contribution is 5.53. The average molecular weight is 253 g/mol. The van der Waals surface area contributed by atoms with E-state index < -0.39 is 0 Å². The first-order valence-corrected chi connectivity index (χ1v) is 6.43. The van der Waals surface area contributed by atoms with Crippen LogP contribution >= 0.6 is 0 Å². The second-order valence-electron chi connectivity index (χ2n) is 4.44. The van der Waals surface area contributed by atoms with Gasteiger partial charge in [-0.1, -0.05) is 48.6 Å². The summed E-state index contributed by atoms with van der Waals surface area (Å²) in [4.78, 5) is 0. The van der Waals surface area contributed by atoms with Gasteiger partial charge in [0.15, 0.2) is 0 Å². The van der Waals surface area contributed by atoms with Crippen LogP contribution in [0.2, 0.25) is 0 Å². The predicted molar refractivity (Wildman–Crippen MR) is 80.0 cm³/mol. The van der Waals surface area contributed by atoms with Crippen molar-refractivity contribution in [3.8, 4) is 5.75 Å². The Morgan fingerprint density at radius 3 is 2.58 bits per heavy atom. The standard InChI is InChI=1S/C17H19NO/c1-14-12-15(8-5-11-18)9-10-17(14)19-13-16-6-3-2-4-7-16/h2-10,12H,11,13,18H2,1H3/b8-5+. The van der Waals surface area contributed by atoms with Crippen LogP contribution in [-0.4, -0.2) is 6.54 Å². The molecule has 0 atom stereocenters. The zero-order valence-electron chi connectivity index (χ0n) is 11.2. The molecule has 0 bridgehead atoms. The molecule has 2 N–H and O–H groups in total. The summed E-state index contributed by atoms with van der Waals surface area (Å²) in [5, 5.41) is 0. The summed E-state index contributed by atoms with van der Waals surface area (Å²) in [5.41, 5.74) is 8.90. The van der Waals surface area contributed by atoms with Crippen LogP contribution in [0.1, 0.15) is 16.7 Å². The van der Waals surface area contributed by atoms with Gasteiger partial charge in [0.1, 0.15) is 12.4 Å². The van der Waals surface area contributed by atoms with Crippen molar-refractivity contribution in [3.05, 3.63) is 71.3 Å². The number of aryl methyl sites for hydroxylation is 1. The minimum Gasteiger partial charge on any atom is -0.489 e. The van der Waals surface area contributed by atoms with E-state index in [0.29, 0.717) is 13.2 Å². The van der Waals surface area contributed by atoms with Crippen molar-refractivity contribution in [2.45, 2.75) is 13.5 Å². The Labute approximate surface area is 114 Å². The molecule has 0 heterocycles. The van der Waals surface area contributed by atoms with Crippen molar-refractivity contribution < 1.29 is 4.74 Å². The predicted octanol–water partition coefficient (Wildman–Crippen LogP) is 3.55. The third-order valence-corrected chi connectivity index (χ3v) is 2.88. The lowest BCUT2D eigenvalue weighted by molar-refractivity contribution is 0.304. The van der Waals surface area contributed by atoms with E-state index in [1.165, 1.54) is 5.56 Å². The largest absolute Gasteiger partial charge is 0.489 e. The Morgan fingerprint density at radius 1 is 1.11 bits per heavy atom. The van der Waals surface area contributed by atoms with Crippen molar-refractivity contribution in [2.24, 2.45) is 5.73 Å². The summed E-state index contributed by atoms with van der Waals surface area (Å²) >= 11 is 0. The van der Waals surface area contributed by atoms with E-state index in [1.807, 2.05) is 42.5 Å². The molecule has 2 rings (SSSR count). The van der Waals surface area contributed by atoms with Gasteiger partial charge in [-0.3, -0.25) is 0 Å². The number of hydrogen-bond acceptors (Lipinski definition) is 2. The molecule has 0 aliphatic rings. The van der Waals surface area contributed by atoms with Crippen molar-refractivity contribution in [1.82, 2.24) is 0 Å². The molecule has 19 heavy (non-hydrogen) atoms. The highest BCUT2D eigenvalue weighted by Crippen LogP contribution is 2.21. The van der Waals surface area contributed by atoms with Gasteiger partial charge in [-0.2, -0.15) is 0 Å². The second kappa shape index (κ2) is 6.76. The molecule has 0 radical (unpaired) electrons. The monoisotopic (exact) mass is 253 g/mol. The van der Waals surface area contributed by atoms with Gasteiger partial charge < -0.3 is 10.5 Å². The van der Waals surface area contributed by atoms with Gasteiger partial charge in [-0.05, 0) is 35.7 Å². The summed E-state index contributed by atoms with van der Waals surface area (Å²) < 4.78 is 5.83. The van der Waals surface area contributed by atoms with Crippen LogP contribution in [0.25, 0.3) is 6.08 Å². The fourth-order valence-electron chi connectivity index (χ4n) is 1.88. The Bertz CT molecular complexity index is 546. The molecule has 98 valence electrons. The molecule has 0 unspecified atom stereocenters. The van der Waals surface area contributed by atoms with Crippen molar-refractivity contribution in [2.75, 3.05) is 6.54 Å². The van der Waals surface area contributed by atoms with Gasteiger partial charge >= 0.3 is 0 Å². The van der Waals surface area contributed by atoms with Gasteiger partial charge in [0.2, 0.25) is 0 Å². The van der Waals surface area contributed by atoms with Crippen LogP contribution in [0.4, 0.5) is 0 Å². The van der Waals surface area contributed by atoms with Gasteiger partial charge in [-0.25, -0.2) is 0 Å². The first-order valence-electron chi connectivity index (χ1n) is 6.43. The van der Waals surface area contributed by atoms with Gasteiger partial charge in [-0.15, -0.1) is 0 Å². The molecular weight excluding hydrogens is 234 g/mol. The third-order valence-electron chi connectivity index (χ3n) is 2.88. The number of ether oxygens (including phenoxy) is 1. The second-order valence-corrected chi connectivity index (χ2v) is 4.44. The van der Waals surface area contributed by atoms with Crippen LogP contribution in [-0.2, 0) is 6.61 Å². The van der Waals surface area contributed by atoms with Crippen molar-refractivity contribution in [1.29, 1.82) is 0 Å². The van der Waals surface area contributed by atoms with E-state index >= 15 is 0 Å². The minimum atomic E-state index is 0.561. The van der Waals surface area contributed by atoms with Crippen LogP contribution in [0.5, 0.6) is 5.75 Å². The average Bonchev–Trinajstić information content (AvgIpc) is 2.45. The maximum absolute atomic E-state index is 5.83. The van der Waals surface area contributed by atoms with Crippen LogP contribution in [0, 0.1) is 6.92 Å². The number of nitrogens with two attached hydrogens (primary N) is 1. The smallest absolute Gasteiger partial charge is 0.122 e. The molecule has 2 aromatic carbocycles. The zero-order chi connectivity index (χ0) is 13.5. The lowest BCUT2D eigenvalue weighted by atomic mass is 10.1. The van der Waals surface area contributed by atoms with E-state index in [9.17, 15) is 0 Å². The first kappa shape index (κ1) is 13.4. The Kier molecular flexibility index (Phi) is 4.76. The van der Waals surface area contributed by atoms with Gasteiger partial charge in [0.05, 0.1) is 0 Å². The van der Waals surface area contributed by atoms with E-state index in [4.69, 9.17) is 10.5 Å². The Morgan fingerprint density at radius 2 is 1.89 bits per heavy atom. The fourth-order valence-corrected chi connectivity index (χ4v) is 1.88. The molecule has 0 saturated heterocycles.